The highest BCUT2D eigenvalue weighted by Gasteiger charge is 2.11. The van der Waals surface area contributed by atoms with Gasteiger partial charge in [0.05, 0.1) is 19.0 Å². The molecule has 3 aromatic rings. The maximum Gasteiger partial charge on any atom is 0.219 e. The predicted octanol–water partition coefficient (Wildman–Crippen LogP) is 2.76. The maximum atomic E-state index is 11.2. The molecule has 0 aliphatic carbocycles. The van der Waals surface area contributed by atoms with Crippen molar-refractivity contribution in [2.45, 2.75) is 13.0 Å². The monoisotopic (exact) mass is 350 g/mol. The molecule has 1 aromatic heterocycles. The molecule has 0 bridgehead atoms. The third-order valence-electron chi connectivity index (χ3n) is 4.10. The molecule has 2 aromatic carbocycles. The van der Waals surface area contributed by atoms with E-state index >= 15 is 0 Å². The van der Waals surface area contributed by atoms with E-state index in [9.17, 15) is 4.79 Å². The number of rotatable bonds is 8. The van der Waals surface area contributed by atoms with Crippen LogP contribution in [0.25, 0.3) is 5.69 Å². The Hall–Kier alpha value is -3.28. The van der Waals surface area contributed by atoms with Gasteiger partial charge in [-0.05, 0) is 36.4 Å². The minimum Gasteiger partial charge on any atom is -0.497 e. The minimum atomic E-state index is -0.316. The summed E-state index contributed by atoms with van der Waals surface area (Å²) < 4.78 is 7.05. The van der Waals surface area contributed by atoms with Crippen LogP contribution in [-0.2, 0) is 11.3 Å². The van der Waals surface area contributed by atoms with E-state index in [0.717, 1.165) is 22.7 Å². The fourth-order valence-electron chi connectivity index (χ4n) is 2.72. The average Bonchev–Trinajstić information content (AvgIpc) is 3.14. The average molecular weight is 350 g/mol. The molecular formula is C20H22N4O2. The lowest BCUT2D eigenvalue weighted by molar-refractivity contribution is -0.117. The van der Waals surface area contributed by atoms with Crippen molar-refractivity contribution >= 4 is 11.6 Å². The molecule has 0 atom stereocenters. The van der Waals surface area contributed by atoms with Crippen LogP contribution in [0, 0.1) is 0 Å². The van der Waals surface area contributed by atoms with Gasteiger partial charge in [0.1, 0.15) is 5.75 Å². The van der Waals surface area contributed by atoms with Crippen LogP contribution in [0.1, 0.15) is 12.0 Å². The molecule has 0 aliphatic rings. The first-order valence-electron chi connectivity index (χ1n) is 8.42. The van der Waals surface area contributed by atoms with E-state index in [1.54, 1.807) is 7.11 Å². The maximum absolute atomic E-state index is 11.2. The Labute approximate surface area is 152 Å². The van der Waals surface area contributed by atoms with E-state index in [4.69, 9.17) is 10.5 Å². The minimum absolute atomic E-state index is 0.291. The van der Waals surface area contributed by atoms with Gasteiger partial charge in [0.15, 0.2) is 0 Å². The summed E-state index contributed by atoms with van der Waals surface area (Å²) in [5, 5.41) is 4.43. The predicted molar refractivity (Wildman–Crippen MR) is 101 cm³/mol. The summed E-state index contributed by atoms with van der Waals surface area (Å²) in [5.41, 5.74) is 8.39. The zero-order valence-corrected chi connectivity index (χ0v) is 14.7. The summed E-state index contributed by atoms with van der Waals surface area (Å²) in [6, 6.07) is 17.7. The van der Waals surface area contributed by atoms with Gasteiger partial charge in [-0.2, -0.15) is 5.10 Å². The number of nitrogens with zero attached hydrogens (tertiary/aromatic N) is 3. The summed E-state index contributed by atoms with van der Waals surface area (Å²) in [7, 11) is 1.64. The molecule has 0 aliphatic heterocycles. The molecule has 26 heavy (non-hydrogen) atoms. The van der Waals surface area contributed by atoms with Gasteiger partial charge < -0.3 is 15.4 Å². The molecule has 0 unspecified atom stereocenters. The Bertz CT molecular complexity index is 844. The smallest absolute Gasteiger partial charge is 0.219 e. The first-order valence-corrected chi connectivity index (χ1v) is 8.42. The summed E-state index contributed by atoms with van der Waals surface area (Å²) in [5.74, 6) is 0.476. The molecular weight excluding hydrogens is 328 g/mol. The molecule has 0 saturated carbocycles. The van der Waals surface area contributed by atoms with E-state index in [2.05, 4.69) is 10.00 Å². The van der Waals surface area contributed by atoms with Crippen molar-refractivity contribution < 1.29 is 9.53 Å². The molecule has 134 valence electrons. The number of primary amides is 1. The summed E-state index contributed by atoms with van der Waals surface area (Å²) in [6.07, 6.45) is 4.13. The number of para-hydroxylation sites is 1. The lowest BCUT2D eigenvalue weighted by Crippen LogP contribution is -2.27. The van der Waals surface area contributed by atoms with E-state index in [-0.39, 0.29) is 5.91 Å². The third-order valence-corrected chi connectivity index (χ3v) is 4.10. The van der Waals surface area contributed by atoms with Crippen LogP contribution in [0.4, 0.5) is 5.69 Å². The number of hydrogen-bond acceptors (Lipinski definition) is 4. The van der Waals surface area contributed by atoms with Crippen LogP contribution in [0.2, 0.25) is 0 Å². The summed E-state index contributed by atoms with van der Waals surface area (Å²) in [6.45, 7) is 1.17. The summed E-state index contributed by atoms with van der Waals surface area (Å²) in [4.78, 5) is 13.3. The van der Waals surface area contributed by atoms with Crippen LogP contribution in [0.5, 0.6) is 5.75 Å². The van der Waals surface area contributed by atoms with Crippen LogP contribution in [0.15, 0.2) is 67.0 Å². The van der Waals surface area contributed by atoms with Crippen LogP contribution >= 0.6 is 0 Å². The van der Waals surface area contributed by atoms with Crippen molar-refractivity contribution in [3.63, 3.8) is 0 Å². The Kier molecular flexibility index (Phi) is 5.53. The van der Waals surface area contributed by atoms with E-state index in [1.165, 1.54) is 0 Å². The molecule has 1 amide bonds. The van der Waals surface area contributed by atoms with Gasteiger partial charge in [-0.15, -0.1) is 0 Å². The fraction of sp³-hybridized carbons (Fsp3) is 0.200. The molecule has 2 N–H and O–H groups in total. The largest absolute Gasteiger partial charge is 0.497 e. The zero-order valence-electron chi connectivity index (χ0n) is 14.7. The van der Waals surface area contributed by atoms with Crippen LogP contribution < -0.4 is 15.4 Å². The number of anilines is 1. The SMILES string of the molecule is COc1ccc(N(CCC(N)=O)Cc2cnn(-c3ccccc3)c2)cc1. The number of carbonyl (C=O) groups is 1. The Morgan fingerprint density at radius 1 is 1.15 bits per heavy atom. The second-order valence-electron chi connectivity index (χ2n) is 5.96. The number of benzene rings is 2. The number of carbonyl (C=O) groups excluding carboxylic acids is 1. The summed E-state index contributed by atoms with van der Waals surface area (Å²) >= 11 is 0. The fourth-order valence-corrected chi connectivity index (χ4v) is 2.72. The van der Waals surface area contributed by atoms with Crippen molar-refractivity contribution in [1.29, 1.82) is 0 Å². The first-order chi connectivity index (χ1) is 12.7. The molecule has 6 nitrogen and oxygen atoms in total. The Morgan fingerprint density at radius 3 is 2.54 bits per heavy atom. The first kappa shape index (κ1) is 17.5. The van der Waals surface area contributed by atoms with Crippen molar-refractivity contribution in [3.8, 4) is 11.4 Å². The molecule has 6 heteroatoms. The Balaban J connectivity index is 1.78. The van der Waals surface area contributed by atoms with Gasteiger partial charge in [0.25, 0.3) is 0 Å². The normalized spacial score (nSPS) is 10.5. The second-order valence-corrected chi connectivity index (χ2v) is 5.96. The number of amides is 1. The van der Waals surface area contributed by atoms with Gasteiger partial charge in [-0.1, -0.05) is 18.2 Å². The van der Waals surface area contributed by atoms with Crippen molar-refractivity contribution in [1.82, 2.24) is 9.78 Å². The van der Waals surface area contributed by atoms with Gasteiger partial charge in [0, 0.05) is 37.0 Å². The molecule has 1 heterocycles. The van der Waals surface area contributed by atoms with Gasteiger partial charge in [-0.25, -0.2) is 4.68 Å². The van der Waals surface area contributed by atoms with Gasteiger partial charge in [-0.3, -0.25) is 4.79 Å². The topological polar surface area (TPSA) is 73.4 Å². The Morgan fingerprint density at radius 2 is 1.88 bits per heavy atom. The van der Waals surface area contributed by atoms with E-state index < -0.39 is 0 Å². The van der Waals surface area contributed by atoms with Crippen molar-refractivity contribution in [2.24, 2.45) is 5.73 Å². The van der Waals surface area contributed by atoms with Crippen LogP contribution in [-0.4, -0.2) is 29.3 Å². The molecule has 0 fully saturated rings. The van der Waals surface area contributed by atoms with Gasteiger partial charge >= 0.3 is 0 Å². The number of aromatic nitrogens is 2. The number of hydrogen-bond donors (Lipinski definition) is 1. The van der Waals surface area contributed by atoms with E-state index in [0.29, 0.717) is 19.5 Å². The highest BCUT2D eigenvalue weighted by molar-refractivity contribution is 5.74. The van der Waals surface area contributed by atoms with Crippen molar-refractivity contribution in [3.05, 3.63) is 72.6 Å². The lowest BCUT2D eigenvalue weighted by Gasteiger charge is -2.24. The number of nitrogens with two attached hydrogens (primary N) is 1. The number of methoxy groups -OCH3 is 1. The lowest BCUT2D eigenvalue weighted by atomic mass is 10.2. The third kappa shape index (κ3) is 4.42. The second kappa shape index (κ2) is 8.20. The standard InChI is InChI=1S/C20H22N4O2/c1-26-19-9-7-17(8-10-19)23(12-11-20(21)25)14-16-13-22-24(15-16)18-5-3-2-4-6-18/h2-10,13,15H,11-12,14H2,1H3,(H2,21,25). The molecule has 0 spiro atoms. The van der Waals surface area contributed by atoms with E-state index in [1.807, 2.05) is 71.7 Å². The highest BCUT2D eigenvalue weighted by Crippen LogP contribution is 2.21. The highest BCUT2D eigenvalue weighted by atomic mass is 16.5. The molecule has 0 radical (unpaired) electrons. The molecule has 3 rings (SSSR count). The molecule has 0 saturated heterocycles. The number of ether oxygens (including phenoxy) is 1. The van der Waals surface area contributed by atoms with Crippen LogP contribution in [0.3, 0.4) is 0 Å². The quantitative estimate of drug-likeness (QED) is 0.678. The van der Waals surface area contributed by atoms with Gasteiger partial charge in [0.2, 0.25) is 5.91 Å². The zero-order chi connectivity index (χ0) is 18.4. The van der Waals surface area contributed by atoms with Crippen molar-refractivity contribution in [2.75, 3.05) is 18.6 Å².